The maximum absolute atomic E-state index is 11.3. The molecule has 0 atom stereocenters. The molecule has 0 unspecified atom stereocenters. The van der Waals surface area contributed by atoms with E-state index in [4.69, 9.17) is 0 Å². The zero-order valence-electron chi connectivity index (χ0n) is 9.10. The molecular formula is C8H16N2O2Se2. The molecule has 0 aromatic carbocycles. The van der Waals surface area contributed by atoms with Crippen molar-refractivity contribution in [1.82, 2.24) is 9.80 Å². The van der Waals surface area contributed by atoms with Crippen molar-refractivity contribution in [3.63, 3.8) is 0 Å². The molecule has 0 aromatic rings. The number of carbonyl (C=O) groups is 2. The molecule has 0 spiro atoms. The van der Waals surface area contributed by atoms with E-state index in [9.17, 15) is 9.59 Å². The molecule has 0 aliphatic heterocycles. The van der Waals surface area contributed by atoms with Crippen LogP contribution in [0, 0.1) is 0 Å². The third-order valence-corrected chi connectivity index (χ3v) is 7.13. The maximum atomic E-state index is 11.3. The summed E-state index contributed by atoms with van der Waals surface area (Å²) >= 11 is -0.204. The minimum atomic E-state index is -0.102. The van der Waals surface area contributed by atoms with Gasteiger partial charge in [0.1, 0.15) is 0 Å². The van der Waals surface area contributed by atoms with Crippen molar-refractivity contribution >= 4 is 39.5 Å². The van der Waals surface area contributed by atoms with Crippen LogP contribution in [0.25, 0.3) is 0 Å². The predicted octanol–water partition coefficient (Wildman–Crippen LogP) is 0.524. The molecule has 0 saturated carbocycles. The normalized spacial score (nSPS) is 10.1. The molecule has 2 amide bonds. The molecule has 0 aliphatic carbocycles. The summed E-state index contributed by atoms with van der Waals surface area (Å²) in [5, 5.41) is 0. The Morgan fingerprint density at radius 1 is 0.929 bits per heavy atom. The van der Waals surface area contributed by atoms with E-state index in [1.807, 2.05) is 6.92 Å². The molecule has 0 aromatic heterocycles. The number of hydrogen-bond donors (Lipinski definition) is 0. The summed E-state index contributed by atoms with van der Waals surface area (Å²) in [5.74, 6) is 0. The Balaban J connectivity index is 3.93. The molecule has 0 heterocycles. The van der Waals surface area contributed by atoms with Crippen LogP contribution in [-0.2, 0) is 0 Å². The standard InChI is InChI=1S/C8H16N2O2Se2/c1-6(13-7(11)9(2)3)14-8(12)10(4)5/h6H,1-5H3. The molecule has 0 saturated heterocycles. The van der Waals surface area contributed by atoms with Gasteiger partial charge in [-0.2, -0.15) is 0 Å². The van der Waals surface area contributed by atoms with Gasteiger partial charge in [-0.05, 0) is 0 Å². The van der Waals surface area contributed by atoms with Crippen LogP contribution in [0.4, 0.5) is 9.59 Å². The first-order chi connectivity index (χ1) is 6.34. The van der Waals surface area contributed by atoms with Crippen LogP contribution in [0.2, 0.25) is 3.71 Å². The first-order valence-electron chi connectivity index (χ1n) is 4.10. The molecule has 0 rings (SSSR count). The number of hydrogen-bond acceptors (Lipinski definition) is 2. The van der Waals surface area contributed by atoms with E-state index in [2.05, 4.69) is 0 Å². The fourth-order valence-corrected chi connectivity index (χ4v) is 5.02. The van der Waals surface area contributed by atoms with Gasteiger partial charge in [0, 0.05) is 0 Å². The summed E-state index contributed by atoms with van der Waals surface area (Å²) in [4.78, 5) is 26.2. The zero-order chi connectivity index (χ0) is 11.3. The average Bonchev–Trinajstić information content (AvgIpc) is 2.03. The Hall–Kier alpha value is -0.0210. The van der Waals surface area contributed by atoms with Gasteiger partial charge < -0.3 is 0 Å². The second kappa shape index (κ2) is 6.46. The van der Waals surface area contributed by atoms with Crippen molar-refractivity contribution in [2.24, 2.45) is 0 Å². The fraction of sp³-hybridized carbons (Fsp3) is 0.750. The molecule has 4 nitrogen and oxygen atoms in total. The molecule has 14 heavy (non-hydrogen) atoms. The number of nitrogens with zero attached hydrogens (tertiary/aromatic N) is 2. The van der Waals surface area contributed by atoms with Crippen LogP contribution in [0.1, 0.15) is 6.92 Å². The Kier molecular flexibility index (Phi) is 6.45. The molecule has 0 radical (unpaired) electrons. The van der Waals surface area contributed by atoms with Gasteiger partial charge in [0.15, 0.2) is 0 Å². The predicted molar refractivity (Wildman–Crippen MR) is 59.1 cm³/mol. The van der Waals surface area contributed by atoms with E-state index in [1.165, 1.54) is 0 Å². The van der Waals surface area contributed by atoms with Crippen molar-refractivity contribution in [2.45, 2.75) is 10.6 Å². The van der Waals surface area contributed by atoms with Gasteiger partial charge >= 0.3 is 97.7 Å². The van der Waals surface area contributed by atoms with E-state index in [-0.39, 0.29) is 43.2 Å². The number of carbonyl (C=O) groups excluding carboxylic acids is 2. The molecule has 6 heteroatoms. The molecule has 82 valence electrons. The first-order valence-corrected chi connectivity index (χ1v) is 7.79. The Labute approximate surface area is 97.7 Å². The Morgan fingerprint density at radius 3 is 1.43 bits per heavy atom. The van der Waals surface area contributed by atoms with Gasteiger partial charge in [0.25, 0.3) is 0 Å². The topological polar surface area (TPSA) is 40.6 Å². The van der Waals surface area contributed by atoms with Crippen LogP contribution in [0.3, 0.4) is 0 Å². The van der Waals surface area contributed by atoms with E-state index >= 15 is 0 Å². The summed E-state index contributed by atoms with van der Waals surface area (Å²) in [5.41, 5.74) is 0. The van der Waals surface area contributed by atoms with Crippen molar-refractivity contribution in [3.05, 3.63) is 0 Å². The van der Waals surface area contributed by atoms with Gasteiger partial charge in [-0.3, -0.25) is 0 Å². The minimum absolute atomic E-state index is 0.102. The molecule has 0 bridgehead atoms. The van der Waals surface area contributed by atoms with Crippen LogP contribution in [0.15, 0.2) is 0 Å². The third kappa shape index (κ3) is 5.66. The fourth-order valence-electron chi connectivity index (χ4n) is 0.519. The zero-order valence-corrected chi connectivity index (χ0v) is 12.5. The third-order valence-electron chi connectivity index (χ3n) is 1.26. The van der Waals surface area contributed by atoms with Crippen LogP contribution < -0.4 is 0 Å². The van der Waals surface area contributed by atoms with Crippen molar-refractivity contribution in [3.8, 4) is 0 Å². The van der Waals surface area contributed by atoms with E-state index in [0.29, 0.717) is 0 Å². The van der Waals surface area contributed by atoms with E-state index in [1.54, 1.807) is 38.0 Å². The number of amides is 2. The van der Waals surface area contributed by atoms with Gasteiger partial charge in [0.2, 0.25) is 0 Å². The van der Waals surface area contributed by atoms with Crippen LogP contribution >= 0.6 is 0 Å². The van der Waals surface area contributed by atoms with E-state index in [0.717, 1.165) is 0 Å². The quantitative estimate of drug-likeness (QED) is 0.706. The number of rotatable bonds is 4. The van der Waals surface area contributed by atoms with Gasteiger partial charge in [-0.1, -0.05) is 0 Å². The van der Waals surface area contributed by atoms with Gasteiger partial charge in [-0.15, -0.1) is 0 Å². The Bertz CT molecular complexity index is 197. The summed E-state index contributed by atoms with van der Waals surface area (Å²) in [6, 6.07) is 0. The van der Waals surface area contributed by atoms with E-state index < -0.39 is 0 Å². The van der Waals surface area contributed by atoms with Crippen molar-refractivity contribution in [1.29, 1.82) is 0 Å². The SMILES string of the molecule is CC([Se]C(=O)N(C)C)[Se]C(=O)N(C)C. The second-order valence-corrected chi connectivity index (χ2v) is 10.1. The summed E-state index contributed by atoms with van der Waals surface area (Å²) < 4.78 is 0.236. The second-order valence-electron chi connectivity index (χ2n) is 3.12. The molecule has 0 N–H and O–H groups in total. The molecule has 0 aliphatic rings. The molecule has 0 fully saturated rings. The Morgan fingerprint density at radius 2 is 1.21 bits per heavy atom. The first kappa shape index (κ1) is 14.0. The monoisotopic (exact) mass is 332 g/mol. The summed E-state index contributed by atoms with van der Waals surface area (Å²) in [7, 11) is 6.99. The van der Waals surface area contributed by atoms with Gasteiger partial charge in [0.05, 0.1) is 0 Å². The van der Waals surface area contributed by atoms with Gasteiger partial charge in [-0.25, -0.2) is 0 Å². The van der Waals surface area contributed by atoms with Crippen molar-refractivity contribution < 1.29 is 9.59 Å². The summed E-state index contributed by atoms with van der Waals surface area (Å²) in [6.45, 7) is 1.98. The van der Waals surface area contributed by atoms with Crippen LogP contribution in [0.5, 0.6) is 0 Å². The average molecular weight is 330 g/mol. The summed E-state index contributed by atoms with van der Waals surface area (Å²) in [6.07, 6.45) is 0. The van der Waals surface area contributed by atoms with Crippen LogP contribution in [-0.4, -0.2) is 77.5 Å². The van der Waals surface area contributed by atoms with Crippen molar-refractivity contribution in [2.75, 3.05) is 28.2 Å². The molecular weight excluding hydrogens is 314 g/mol.